The minimum Gasteiger partial charge on any atom is -0.490 e. The third kappa shape index (κ3) is 5.91. The Balaban J connectivity index is 2.17. The van der Waals surface area contributed by atoms with Crippen molar-refractivity contribution in [2.75, 3.05) is 19.8 Å². The molecule has 1 aromatic heterocycles. The smallest absolute Gasteiger partial charge is 0.338 e. The molecule has 9 heteroatoms. The standard InChI is InChI=1S/C26H30N2O5S2/c1-6-31-20-12-11-18(15-21(20)32-7-2)23-22(25(30)33-8-3)17(5)27-26(34)28(23)24(29)16(4)14-19-10-9-13-35-19/h9-15,23H,6-8H2,1-5H3,(H,27,34)/b16-14+. The molecule has 3 rings (SSSR count). The fraction of sp³-hybridized carbons (Fsp3) is 0.346. The molecular weight excluding hydrogens is 484 g/mol. The molecule has 0 saturated carbocycles. The van der Waals surface area contributed by atoms with E-state index >= 15 is 0 Å². The number of hydrogen-bond donors (Lipinski definition) is 1. The summed E-state index contributed by atoms with van der Waals surface area (Å²) in [5, 5.41) is 5.17. The van der Waals surface area contributed by atoms with Crippen LogP contribution in [-0.2, 0) is 14.3 Å². The van der Waals surface area contributed by atoms with E-state index in [9.17, 15) is 9.59 Å². The molecule has 1 aromatic carbocycles. The Bertz CT molecular complexity index is 1150. The quantitative estimate of drug-likeness (QED) is 0.278. The highest BCUT2D eigenvalue weighted by molar-refractivity contribution is 7.80. The zero-order valence-electron chi connectivity index (χ0n) is 20.5. The fourth-order valence-electron chi connectivity index (χ4n) is 3.81. The van der Waals surface area contributed by atoms with Crippen molar-refractivity contribution in [3.8, 4) is 11.5 Å². The maximum absolute atomic E-state index is 13.7. The van der Waals surface area contributed by atoms with Gasteiger partial charge in [0, 0.05) is 16.1 Å². The molecule has 1 N–H and O–H groups in total. The minimum atomic E-state index is -0.808. The van der Waals surface area contributed by atoms with E-state index in [1.165, 1.54) is 16.2 Å². The number of thiophene rings is 1. The second-order valence-corrected chi connectivity index (χ2v) is 9.05. The van der Waals surface area contributed by atoms with Gasteiger partial charge in [0.15, 0.2) is 16.6 Å². The second-order valence-electron chi connectivity index (χ2n) is 7.68. The fourth-order valence-corrected chi connectivity index (χ4v) is 4.87. The molecule has 35 heavy (non-hydrogen) atoms. The molecule has 1 aliphatic heterocycles. The molecule has 7 nitrogen and oxygen atoms in total. The summed E-state index contributed by atoms with van der Waals surface area (Å²) in [6, 6.07) is 8.43. The highest BCUT2D eigenvalue weighted by Gasteiger charge is 2.40. The van der Waals surface area contributed by atoms with Crippen LogP contribution in [0.5, 0.6) is 11.5 Å². The summed E-state index contributed by atoms with van der Waals surface area (Å²) in [6.45, 7) is 10.1. The van der Waals surface area contributed by atoms with Crippen LogP contribution in [-0.4, -0.2) is 41.7 Å². The first kappa shape index (κ1) is 26.4. The van der Waals surface area contributed by atoms with Gasteiger partial charge in [-0.1, -0.05) is 12.1 Å². The summed E-state index contributed by atoms with van der Waals surface area (Å²) < 4.78 is 16.9. The third-order valence-corrected chi connectivity index (χ3v) is 6.40. The van der Waals surface area contributed by atoms with Gasteiger partial charge in [0.1, 0.15) is 0 Å². The summed E-state index contributed by atoms with van der Waals surface area (Å²) in [4.78, 5) is 29.2. The molecule has 1 aliphatic rings. The van der Waals surface area contributed by atoms with Crippen molar-refractivity contribution in [2.45, 2.75) is 40.7 Å². The first-order valence-corrected chi connectivity index (χ1v) is 12.7. The number of allylic oxidation sites excluding steroid dienone is 1. The van der Waals surface area contributed by atoms with Gasteiger partial charge in [-0.25, -0.2) is 4.79 Å². The number of nitrogens with one attached hydrogen (secondary N) is 1. The molecule has 0 fully saturated rings. The van der Waals surface area contributed by atoms with E-state index in [1.807, 2.05) is 43.5 Å². The Kier molecular flexibility index (Phi) is 9.06. The lowest BCUT2D eigenvalue weighted by Crippen LogP contribution is -2.51. The van der Waals surface area contributed by atoms with Crippen molar-refractivity contribution in [2.24, 2.45) is 0 Å². The Labute approximate surface area is 215 Å². The molecule has 0 spiro atoms. The normalized spacial score (nSPS) is 16.1. The van der Waals surface area contributed by atoms with Gasteiger partial charge in [-0.15, -0.1) is 11.3 Å². The second kappa shape index (κ2) is 12.0. The molecule has 0 saturated heterocycles. The van der Waals surface area contributed by atoms with Crippen molar-refractivity contribution < 1.29 is 23.8 Å². The van der Waals surface area contributed by atoms with E-state index in [2.05, 4.69) is 5.32 Å². The van der Waals surface area contributed by atoms with Crippen LogP contribution in [0.3, 0.4) is 0 Å². The number of thiocarbonyl (C=S) groups is 1. The van der Waals surface area contributed by atoms with Gasteiger partial charge < -0.3 is 19.5 Å². The number of carbonyl (C=O) groups excluding carboxylic acids is 2. The number of nitrogens with zero attached hydrogens (tertiary/aromatic N) is 1. The number of carbonyl (C=O) groups is 2. The van der Waals surface area contributed by atoms with Crippen LogP contribution >= 0.6 is 23.6 Å². The van der Waals surface area contributed by atoms with Crippen molar-refractivity contribution in [3.63, 3.8) is 0 Å². The highest BCUT2D eigenvalue weighted by Crippen LogP contribution is 2.39. The topological polar surface area (TPSA) is 77.1 Å². The molecular formula is C26H30N2O5S2. The number of ether oxygens (including phenoxy) is 3. The number of benzene rings is 1. The van der Waals surface area contributed by atoms with Crippen LogP contribution in [0.1, 0.15) is 51.1 Å². The number of hydrogen-bond acceptors (Lipinski definition) is 7. The van der Waals surface area contributed by atoms with Crippen LogP contribution in [0.2, 0.25) is 0 Å². The van der Waals surface area contributed by atoms with Crippen molar-refractivity contribution in [1.82, 2.24) is 10.2 Å². The maximum Gasteiger partial charge on any atom is 0.338 e. The van der Waals surface area contributed by atoms with Gasteiger partial charge >= 0.3 is 5.97 Å². The van der Waals surface area contributed by atoms with E-state index < -0.39 is 12.0 Å². The zero-order valence-corrected chi connectivity index (χ0v) is 22.2. The lowest BCUT2D eigenvalue weighted by Gasteiger charge is -2.38. The number of esters is 1. The average molecular weight is 515 g/mol. The maximum atomic E-state index is 13.7. The highest BCUT2D eigenvalue weighted by atomic mass is 32.1. The predicted octanol–water partition coefficient (Wildman–Crippen LogP) is 5.24. The Hall–Kier alpha value is -3.17. The lowest BCUT2D eigenvalue weighted by atomic mass is 9.93. The first-order chi connectivity index (χ1) is 16.8. The average Bonchev–Trinajstić information content (AvgIpc) is 3.32. The van der Waals surface area contributed by atoms with Crippen LogP contribution in [0.4, 0.5) is 0 Å². The molecule has 2 heterocycles. The Morgan fingerprint density at radius 2 is 1.83 bits per heavy atom. The molecule has 2 aromatic rings. The molecule has 0 radical (unpaired) electrons. The van der Waals surface area contributed by atoms with Gasteiger partial charge in [-0.05, 0) is 82.1 Å². The van der Waals surface area contributed by atoms with Crippen LogP contribution < -0.4 is 14.8 Å². The van der Waals surface area contributed by atoms with E-state index in [1.54, 1.807) is 32.9 Å². The van der Waals surface area contributed by atoms with Crippen LogP contribution in [0.15, 0.2) is 52.6 Å². The molecule has 0 bridgehead atoms. The number of amides is 1. The van der Waals surface area contributed by atoms with Gasteiger partial charge in [-0.3, -0.25) is 9.69 Å². The molecule has 1 unspecified atom stereocenters. The summed E-state index contributed by atoms with van der Waals surface area (Å²) in [5.41, 5.74) is 1.99. The number of rotatable bonds is 9. The largest absolute Gasteiger partial charge is 0.490 e. The third-order valence-electron chi connectivity index (χ3n) is 5.29. The molecule has 1 atom stereocenters. The molecule has 186 valence electrons. The van der Waals surface area contributed by atoms with E-state index in [-0.39, 0.29) is 17.6 Å². The van der Waals surface area contributed by atoms with Gasteiger partial charge in [0.2, 0.25) is 0 Å². The predicted molar refractivity (Wildman–Crippen MR) is 141 cm³/mol. The van der Waals surface area contributed by atoms with Crippen molar-refractivity contribution in [1.29, 1.82) is 0 Å². The summed E-state index contributed by atoms with van der Waals surface area (Å²) >= 11 is 7.14. The van der Waals surface area contributed by atoms with Crippen LogP contribution in [0, 0.1) is 0 Å². The summed E-state index contributed by atoms with van der Waals surface area (Å²) in [6.07, 6.45) is 1.81. The Morgan fingerprint density at radius 3 is 2.46 bits per heavy atom. The molecule has 1 amide bonds. The Morgan fingerprint density at radius 1 is 1.11 bits per heavy atom. The van der Waals surface area contributed by atoms with Crippen molar-refractivity contribution >= 4 is 46.6 Å². The SMILES string of the molecule is CCOC(=O)C1=C(C)NC(=S)N(C(=O)/C(C)=C/c2cccs2)C1c1ccc(OCC)c(OCC)c1. The van der Waals surface area contributed by atoms with E-state index in [0.717, 1.165) is 4.88 Å². The minimum absolute atomic E-state index is 0.200. The van der Waals surface area contributed by atoms with E-state index in [4.69, 9.17) is 26.4 Å². The summed E-state index contributed by atoms with van der Waals surface area (Å²) in [7, 11) is 0. The van der Waals surface area contributed by atoms with E-state index in [0.29, 0.717) is 47.1 Å². The van der Waals surface area contributed by atoms with Crippen molar-refractivity contribution in [3.05, 3.63) is 63.0 Å². The molecule has 0 aliphatic carbocycles. The first-order valence-electron chi connectivity index (χ1n) is 11.5. The zero-order chi connectivity index (χ0) is 25.5. The van der Waals surface area contributed by atoms with Gasteiger partial charge in [0.25, 0.3) is 5.91 Å². The lowest BCUT2D eigenvalue weighted by molar-refractivity contribution is -0.139. The monoisotopic (exact) mass is 514 g/mol. The van der Waals surface area contributed by atoms with Gasteiger partial charge in [-0.2, -0.15) is 0 Å². The van der Waals surface area contributed by atoms with Crippen LogP contribution in [0.25, 0.3) is 6.08 Å². The van der Waals surface area contributed by atoms with Gasteiger partial charge in [0.05, 0.1) is 31.4 Å². The summed E-state index contributed by atoms with van der Waals surface area (Å²) in [5.74, 6) is 0.270.